The first-order valence-electron chi connectivity index (χ1n) is 7.47. The van der Waals surface area contributed by atoms with Gasteiger partial charge in [0.2, 0.25) is 11.8 Å². The van der Waals surface area contributed by atoms with E-state index >= 15 is 0 Å². The monoisotopic (exact) mass is 333 g/mol. The summed E-state index contributed by atoms with van der Waals surface area (Å²) in [4.78, 5) is 28.6. The molecule has 3 aliphatic rings. The van der Waals surface area contributed by atoms with Gasteiger partial charge >= 0.3 is 0 Å². The summed E-state index contributed by atoms with van der Waals surface area (Å²) in [6.07, 6.45) is 3.63. The number of amides is 2. The van der Waals surface area contributed by atoms with Gasteiger partial charge in [0.25, 0.3) is 0 Å². The fraction of sp³-hybridized carbons (Fsp3) is 0.857. The molecule has 3 saturated heterocycles. The number of carbonyl (C=O) groups excluding carboxylic acids is 2. The van der Waals surface area contributed by atoms with Gasteiger partial charge in [0.1, 0.15) is 6.04 Å². The minimum absolute atomic E-state index is 0. The van der Waals surface area contributed by atoms with Crippen LogP contribution in [-0.2, 0) is 9.59 Å². The third-order valence-corrected chi connectivity index (χ3v) is 6.38. The lowest BCUT2D eigenvalue weighted by molar-refractivity contribution is -0.144. The van der Waals surface area contributed by atoms with Crippen molar-refractivity contribution in [2.75, 3.05) is 25.9 Å². The number of halogens is 1. The Morgan fingerprint density at radius 2 is 2.24 bits per heavy atom. The van der Waals surface area contributed by atoms with Gasteiger partial charge in [0.05, 0.1) is 4.87 Å². The van der Waals surface area contributed by atoms with Crippen molar-refractivity contribution >= 4 is 36.0 Å². The van der Waals surface area contributed by atoms with E-state index in [2.05, 4.69) is 12.2 Å². The summed E-state index contributed by atoms with van der Waals surface area (Å²) in [6.45, 7) is 3.70. The Balaban J connectivity index is 0.00000161. The molecule has 0 radical (unpaired) electrons. The van der Waals surface area contributed by atoms with E-state index in [-0.39, 0.29) is 35.1 Å². The number of carbonyl (C=O) groups is 2. The second kappa shape index (κ2) is 6.34. The number of nitrogens with one attached hydrogen (secondary N) is 1. The van der Waals surface area contributed by atoms with Gasteiger partial charge in [0.15, 0.2) is 0 Å². The smallest absolute Gasteiger partial charge is 0.246 e. The zero-order valence-electron chi connectivity index (χ0n) is 12.6. The van der Waals surface area contributed by atoms with E-state index in [4.69, 9.17) is 0 Å². The fourth-order valence-corrected chi connectivity index (χ4v) is 5.05. The van der Waals surface area contributed by atoms with Gasteiger partial charge in [-0.25, -0.2) is 0 Å². The van der Waals surface area contributed by atoms with Crippen molar-refractivity contribution in [1.82, 2.24) is 15.1 Å². The number of nitrogens with zero attached hydrogens (tertiary/aromatic N) is 2. The second-order valence-electron chi connectivity index (χ2n) is 6.18. The van der Waals surface area contributed by atoms with Crippen molar-refractivity contribution in [3.8, 4) is 0 Å². The summed E-state index contributed by atoms with van der Waals surface area (Å²) in [5, 5.41) is 3.26. The molecule has 7 heteroatoms. The van der Waals surface area contributed by atoms with E-state index in [1.165, 1.54) is 0 Å². The Morgan fingerprint density at radius 1 is 1.48 bits per heavy atom. The van der Waals surface area contributed by atoms with E-state index in [1.807, 2.05) is 16.8 Å². The van der Waals surface area contributed by atoms with E-state index in [0.29, 0.717) is 12.5 Å². The van der Waals surface area contributed by atoms with Crippen LogP contribution in [0.2, 0.25) is 0 Å². The average Bonchev–Trinajstić information content (AvgIpc) is 2.95. The lowest BCUT2D eigenvalue weighted by Gasteiger charge is -2.37. The Kier molecular flexibility index (Phi) is 5.11. The molecule has 5 nitrogen and oxygen atoms in total. The first-order chi connectivity index (χ1) is 9.55. The highest BCUT2D eigenvalue weighted by molar-refractivity contribution is 8.01. The number of rotatable bonds is 2. The molecule has 0 aliphatic carbocycles. The molecule has 3 rings (SSSR count). The molecule has 3 aliphatic heterocycles. The molecule has 0 aromatic rings. The minimum atomic E-state index is -0.240. The van der Waals surface area contributed by atoms with Gasteiger partial charge in [-0.05, 0) is 33.2 Å². The summed E-state index contributed by atoms with van der Waals surface area (Å²) >= 11 is 1.77. The Bertz CT molecular complexity index is 436. The molecule has 0 saturated carbocycles. The zero-order valence-corrected chi connectivity index (χ0v) is 14.3. The summed E-state index contributed by atoms with van der Waals surface area (Å²) in [6, 6.07) is 0.151. The molecule has 3 atom stereocenters. The highest BCUT2D eigenvalue weighted by Gasteiger charge is 2.53. The molecule has 0 bridgehead atoms. The quantitative estimate of drug-likeness (QED) is 0.821. The number of hydrogen-bond acceptors (Lipinski definition) is 4. The van der Waals surface area contributed by atoms with Crippen molar-refractivity contribution < 1.29 is 9.59 Å². The van der Waals surface area contributed by atoms with Crippen LogP contribution in [-0.4, -0.2) is 64.5 Å². The van der Waals surface area contributed by atoms with Crippen LogP contribution in [0, 0.1) is 0 Å². The lowest BCUT2D eigenvalue weighted by atomic mass is 10.0. The van der Waals surface area contributed by atoms with Crippen LogP contribution in [0.5, 0.6) is 0 Å². The summed E-state index contributed by atoms with van der Waals surface area (Å²) in [5.74, 6) is 1.05. The largest absolute Gasteiger partial charge is 0.339 e. The molecule has 3 heterocycles. The van der Waals surface area contributed by atoms with Crippen LogP contribution in [0.4, 0.5) is 0 Å². The molecule has 0 aromatic heterocycles. The van der Waals surface area contributed by atoms with Crippen LogP contribution >= 0.6 is 24.2 Å². The Hall–Kier alpha value is -0.460. The zero-order chi connectivity index (χ0) is 14.3. The minimum Gasteiger partial charge on any atom is -0.339 e. The van der Waals surface area contributed by atoms with E-state index in [9.17, 15) is 9.59 Å². The van der Waals surface area contributed by atoms with Crippen molar-refractivity contribution in [2.45, 2.75) is 49.6 Å². The van der Waals surface area contributed by atoms with Crippen molar-refractivity contribution in [2.24, 2.45) is 0 Å². The number of hydrogen-bond donors (Lipinski definition) is 1. The van der Waals surface area contributed by atoms with E-state index in [0.717, 1.165) is 38.1 Å². The number of fused-ring (bicyclic) bond motifs is 1. The number of likely N-dealkylation sites (N-methyl/N-ethyl adjacent to an activating group) is 1. The maximum absolute atomic E-state index is 12.8. The predicted molar refractivity (Wildman–Crippen MR) is 86.6 cm³/mol. The van der Waals surface area contributed by atoms with Crippen molar-refractivity contribution in [1.29, 1.82) is 0 Å². The maximum Gasteiger partial charge on any atom is 0.246 e. The molecule has 120 valence electrons. The van der Waals surface area contributed by atoms with Gasteiger partial charge in [-0.1, -0.05) is 0 Å². The predicted octanol–water partition coefficient (Wildman–Crippen LogP) is 1.07. The van der Waals surface area contributed by atoms with Crippen LogP contribution in [0.3, 0.4) is 0 Å². The second-order valence-corrected chi connectivity index (χ2v) is 7.68. The van der Waals surface area contributed by atoms with Gasteiger partial charge in [-0.2, -0.15) is 0 Å². The molecule has 2 amide bonds. The highest BCUT2D eigenvalue weighted by atomic mass is 35.5. The van der Waals surface area contributed by atoms with Crippen LogP contribution in [0.15, 0.2) is 0 Å². The third-order valence-electron chi connectivity index (χ3n) is 4.87. The summed E-state index contributed by atoms with van der Waals surface area (Å²) < 4.78 is 0. The fourth-order valence-electron chi connectivity index (χ4n) is 3.63. The molecule has 0 aromatic carbocycles. The van der Waals surface area contributed by atoms with Crippen molar-refractivity contribution in [3.05, 3.63) is 0 Å². The average molecular weight is 334 g/mol. The van der Waals surface area contributed by atoms with Crippen LogP contribution in [0.1, 0.15) is 32.6 Å². The van der Waals surface area contributed by atoms with Gasteiger partial charge < -0.3 is 15.1 Å². The molecule has 21 heavy (non-hydrogen) atoms. The summed E-state index contributed by atoms with van der Waals surface area (Å²) in [7, 11) is 1.95. The first-order valence-corrected chi connectivity index (χ1v) is 8.46. The molecule has 1 N–H and O–H groups in total. The Morgan fingerprint density at radius 3 is 2.95 bits per heavy atom. The molecule has 3 fully saturated rings. The molecular formula is C14H24ClN3O2S. The van der Waals surface area contributed by atoms with Gasteiger partial charge in [-0.3, -0.25) is 9.59 Å². The number of thioether (sulfide) groups is 1. The van der Waals surface area contributed by atoms with E-state index in [1.54, 1.807) is 11.8 Å². The molecule has 0 spiro atoms. The highest BCUT2D eigenvalue weighted by Crippen LogP contribution is 2.47. The van der Waals surface area contributed by atoms with E-state index < -0.39 is 0 Å². The number of likely N-dealkylation sites (tertiary alicyclic amines) is 1. The summed E-state index contributed by atoms with van der Waals surface area (Å²) in [5.41, 5.74) is 0. The Labute approximate surface area is 136 Å². The normalized spacial score (nSPS) is 35.6. The van der Waals surface area contributed by atoms with Gasteiger partial charge in [-0.15, -0.1) is 24.2 Å². The van der Waals surface area contributed by atoms with Crippen LogP contribution < -0.4 is 5.32 Å². The third kappa shape index (κ3) is 2.90. The number of piperidine rings is 1. The maximum atomic E-state index is 12.8. The van der Waals surface area contributed by atoms with Gasteiger partial charge in [0, 0.05) is 31.3 Å². The molecular weight excluding hydrogens is 310 g/mol. The first kappa shape index (κ1) is 16.9. The van der Waals surface area contributed by atoms with Crippen LogP contribution in [0.25, 0.3) is 0 Å². The molecule has 3 unspecified atom stereocenters. The van der Waals surface area contributed by atoms with Crippen molar-refractivity contribution in [3.63, 3.8) is 0 Å². The SMILES string of the molecule is CNC1CCCN(C(=O)C2CSC3(C)CCC(=O)N23)C1.Cl. The lowest BCUT2D eigenvalue weighted by Crippen LogP contribution is -2.55. The standard InChI is InChI=1S/C14H23N3O2S.ClH/c1-14-6-5-12(18)17(14)11(9-20-14)13(19)16-7-3-4-10(8-16)15-2;/h10-11,15H,3-9H2,1-2H3;1H. The topological polar surface area (TPSA) is 52.7 Å².